The van der Waals surface area contributed by atoms with Crippen LogP contribution in [-0.2, 0) is 9.53 Å². The highest BCUT2D eigenvalue weighted by Crippen LogP contribution is 2.28. The molecule has 102 valence electrons. The lowest BCUT2D eigenvalue weighted by Gasteiger charge is -2.14. The summed E-state index contributed by atoms with van der Waals surface area (Å²) in [5.74, 6) is 0.177. The smallest absolute Gasteiger partial charge is 0.316 e. The molecule has 0 bridgehead atoms. The van der Waals surface area contributed by atoms with Gasteiger partial charge in [-0.15, -0.1) is 0 Å². The summed E-state index contributed by atoms with van der Waals surface area (Å²) in [5.41, 5.74) is 0. The number of ether oxygens (including phenoxy) is 2. The average Bonchev–Trinajstić information content (AvgIpc) is 2.77. The number of aromatic nitrogens is 1. The highest BCUT2D eigenvalue weighted by molar-refractivity contribution is 9.09. The van der Waals surface area contributed by atoms with Crippen LogP contribution in [-0.4, -0.2) is 30.2 Å². The Bertz CT molecular complexity index is 378. The van der Waals surface area contributed by atoms with Crippen LogP contribution in [0.3, 0.4) is 0 Å². The van der Waals surface area contributed by atoms with Gasteiger partial charge in [-0.05, 0) is 17.5 Å². The van der Waals surface area contributed by atoms with Crippen LogP contribution in [0.15, 0.2) is 10.6 Å². The van der Waals surface area contributed by atoms with Crippen LogP contribution in [0.1, 0.15) is 31.9 Å². The molecule has 1 aromatic rings. The van der Waals surface area contributed by atoms with E-state index >= 15 is 0 Å². The zero-order chi connectivity index (χ0) is 13.5. The monoisotopic (exact) mass is 319 g/mol. The van der Waals surface area contributed by atoms with Gasteiger partial charge in [0.05, 0.1) is 13.7 Å². The number of nitrogens with zero attached hydrogens (tertiary/aromatic N) is 1. The van der Waals surface area contributed by atoms with Crippen molar-refractivity contribution in [3.63, 3.8) is 0 Å². The van der Waals surface area contributed by atoms with Gasteiger partial charge in [-0.2, -0.15) is 0 Å². The second kappa shape index (κ2) is 7.41. The Kier molecular flexibility index (Phi) is 6.18. The summed E-state index contributed by atoms with van der Waals surface area (Å²) in [4.78, 5) is 11.7. The molecular formula is C12H18BrNO4. The van der Waals surface area contributed by atoms with E-state index in [0.29, 0.717) is 18.2 Å². The first-order valence-corrected chi connectivity index (χ1v) is 6.95. The molecule has 18 heavy (non-hydrogen) atoms. The van der Waals surface area contributed by atoms with E-state index in [-0.39, 0.29) is 11.9 Å². The van der Waals surface area contributed by atoms with E-state index < -0.39 is 5.92 Å². The van der Waals surface area contributed by atoms with Crippen LogP contribution in [0, 0.1) is 5.92 Å². The van der Waals surface area contributed by atoms with E-state index in [1.807, 2.05) is 13.8 Å². The molecule has 1 rings (SSSR count). The fraction of sp³-hybridized carbons (Fsp3) is 0.667. The first-order chi connectivity index (χ1) is 8.60. The molecule has 6 heteroatoms. The van der Waals surface area contributed by atoms with Crippen LogP contribution in [0.4, 0.5) is 0 Å². The summed E-state index contributed by atoms with van der Waals surface area (Å²) in [6.07, 6.45) is 0.882. The van der Waals surface area contributed by atoms with Crippen LogP contribution in [0.5, 0.6) is 5.88 Å². The standard InChI is InChI=1S/C12H18BrNO4/c1-8(2)11(12(15)16-3)9-7-10(14-18-9)17-6-4-5-13/h7-8,11H,4-6H2,1-3H3. The molecule has 1 heterocycles. The largest absolute Gasteiger partial charge is 0.475 e. The van der Waals surface area contributed by atoms with Crippen molar-refractivity contribution in [1.82, 2.24) is 5.16 Å². The minimum atomic E-state index is -0.448. The van der Waals surface area contributed by atoms with Crippen LogP contribution in [0.2, 0.25) is 0 Å². The molecule has 0 saturated heterocycles. The fourth-order valence-corrected chi connectivity index (χ4v) is 1.79. The van der Waals surface area contributed by atoms with Crippen molar-refractivity contribution < 1.29 is 18.8 Å². The van der Waals surface area contributed by atoms with Crippen LogP contribution in [0.25, 0.3) is 0 Å². The Labute approximate surface area is 115 Å². The van der Waals surface area contributed by atoms with Gasteiger partial charge in [0.1, 0.15) is 5.92 Å². The quantitative estimate of drug-likeness (QED) is 0.439. The van der Waals surface area contributed by atoms with Crippen molar-refractivity contribution >= 4 is 21.9 Å². The predicted molar refractivity (Wildman–Crippen MR) is 70.0 cm³/mol. The lowest BCUT2D eigenvalue weighted by Crippen LogP contribution is -2.19. The number of methoxy groups -OCH3 is 1. The summed E-state index contributed by atoms with van der Waals surface area (Å²) in [5, 5.41) is 4.66. The highest BCUT2D eigenvalue weighted by atomic mass is 79.9. The predicted octanol–water partition coefficient (Wildman–Crippen LogP) is 2.75. The number of halogens is 1. The molecule has 0 fully saturated rings. The normalized spacial score (nSPS) is 12.5. The summed E-state index contributed by atoms with van der Waals surface area (Å²) in [6, 6.07) is 1.65. The molecule has 0 aliphatic carbocycles. The van der Waals surface area contributed by atoms with Crippen LogP contribution < -0.4 is 4.74 Å². The first-order valence-electron chi connectivity index (χ1n) is 5.83. The number of esters is 1. The lowest BCUT2D eigenvalue weighted by atomic mass is 9.93. The summed E-state index contributed by atoms with van der Waals surface area (Å²) in [6.45, 7) is 4.41. The Balaban J connectivity index is 2.72. The summed E-state index contributed by atoms with van der Waals surface area (Å²) < 4.78 is 15.3. The summed E-state index contributed by atoms with van der Waals surface area (Å²) in [7, 11) is 1.36. The third kappa shape index (κ3) is 4.01. The second-order valence-electron chi connectivity index (χ2n) is 4.20. The first kappa shape index (κ1) is 15.0. The minimum absolute atomic E-state index is 0.0702. The lowest BCUT2D eigenvalue weighted by molar-refractivity contribution is -0.144. The van der Waals surface area contributed by atoms with Crippen molar-refractivity contribution in [2.75, 3.05) is 19.0 Å². The molecule has 0 saturated carbocycles. The third-order valence-electron chi connectivity index (χ3n) is 2.46. The average molecular weight is 320 g/mol. The van der Waals surface area contributed by atoms with E-state index in [4.69, 9.17) is 14.0 Å². The number of hydrogen-bond acceptors (Lipinski definition) is 5. The van der Waals surface area contributed by atoms with Gasteiger partial charge in [-0.25, -0.2) is 0 Å². The fourth-order valence-electron chi connectivity index (χ4n) is 1.56. The Morgan fingerprint density at radius 3 is 2.83 bits per heavy atom. The molecule has 0 N–H and O–H groups in total. The molecule has 5 nitrogen and oxygen atoms in total. The third-order valence-corrected chi connectivity index (χ3v) is 3.02. The molecule has 0 aliphatic heterocycles. The number of alkyl halides is 1. The number of carbonyl (C=O) groups is 1. The zero-order valence-electron chi connectivity index (χ0n) is 10.8. The van der Waals surface area contributed by atoms with Gasteiger partial charge >= 0.3 is 5.97 Å². The van der Waals surface area contributed by atoms with Crippen molar-refractivity contribution in [3.8, 4) is 5.88 Å². The van der Waals surface area contributed by atoms with Crippen molar-refractivity contribution in [2.45, 2.75) is 26.2 Å². The van der Waals surface area contributed by atoms with Gasteiger partial charge in [-0.1, -0.05) is 29.8 Å². The molecule has 0 spiro atoms. The van der Waals surface area contributed by atoms with E-state index in [1.165, 1.54) is 7.11 Å². The second-order valence-corrected chi connectivity index (χ2v) is 5.00. The highest BCUT2D eigenvalue weighted by Gasteiger charge is 2.29. The van der Waals surface area contributed by atoms with Gasteiger partial charge in [0.25, 0.3) is 5.88 Å². The zero-order valence-corrected chi connectivity index (χ0v) is 12.4. The number of carbonyl (C=O) groups excluding carboxylic acids is 1. The van der Waals surface area contributed by atoms with E-state index in [1.54, 1.807) is 6.07 Å². The van der Waals surface area contributed by atoms with E-state index in [2.05, 4.69) is 21.1 Å². The molecule has 0 amide bonds. The van der Waals surface area contributed by atoms with E-state index in [0.717, 1.165) is 11.8 Å². The molecule has 0 aliphatic rings. The maximum atomic E-state index is 11.7. The molecule has 1 atom stereocenters. The summed E-state index contributed by atoms with van der Waals surface area (Å²) >= 11 is 3.31. The molecule has 1 aromatic heterocycles. The maximum Gasteiger partial charge on any atom is 0.316 e. The Hall–Kier alpha value is -1.04. The van der Waals surface area contributed by atoms with Crippen LogP contribution >= 0.6 is 15.9 Å². The van der Waals surface area contributed by atoms with Crippen molar-refractivity contribution in [2.24, 2.45) is 5.92 Å². The molecule has 1 unspecified atom stereocenters. The van der Waals surface area contributed by atoms with Crippen molar-refractivity contribution in [1.29, 1.82) is 0 Å². The maximum absolute atomic E-state index is 11.7. The number of hydrogen-bond donors (Lipinski definition) is 0. The Morgan fingerprint density at radius 1 is 1.56 bits per heavy atom. The molecular weight excluding hydrogens is 302 g/mol. The van der Waals surface area contributed by atoms with Gasteiger partial charge in [0, 0.05) is 11.4 Å². The van der Waals surface area contributed by atoms with Gasteiger partial charge in [-0.3, -0.25) is 4.79 Å². The Morgan fingerprint density at radius 2 is 2.28 bits per heavy atom. The van der Waals surface area contributed by atoms with Crippen molar-refractivity contribution in [3.05, 3.63) is 11.8 Å². The minimum Gasteiger partial charge on any atom is -0.475 e. The number of rotatable bonds is 7. The van der Waals surface area contributed by atoms with E-state index in [9.17, 15) is 4.79 Å². The van der Waals surface area contributed by atoms with Gasteiger partial charge in [0.2, 0.25) is 0 Å². The van der Waals surface area contributed by atoms with Gasteiger partial charge < -0.3 is 14.0 Å². The SMILES string of the molecule is COC(=O)C(c1cc(OCCCBr)no1)C(C)C. The molecule has 0 radical (unpaired) electrons. The molecule has 0 aromatic carbocycles. The topological polar surface area (TPSA) is 61.6 Å². The van der Waals surface area contributed by atoms with Gasteiger partial charge in [0.15, 0.2) is 5.76 Å².